The molecular formula is C17H13F3N2O2. The van der Waals surface area contributed by atoms with Gasteiger partial charge in [-0.2, -0.15) is 18.4 Å². The summed E-state index contributed by atoms with van der Waals surface area (Å²) in [4.78, 5) is 0. The quantitative estimate of drug-likeness (QED) is 0.899. The van der Waals surface area contributed by atoms with Gasteiger partial charge >= 0.3 is 6.18 Å². The summed E-state index contributed by atoms with van der Waals surface area (Å²) in [6.45, 7) is 1.98. The summed E-state index contributed by atoms with van der Waals surface area (Å²) in [5.74, 6) is 1.25. The number of nitrogens with one attached hydrogen (secondary N) is 1. The van der Waals surface area contributed by atoms with Gasteiger partial charge in [-0.15, -0.1) is 0 Å². The van der Waals surface area contributed by atoms with Crippen molar-refractivity contribution in [1.82, 2.24) is 0 Å². The third kappa shape index (κ3) is 3.08. The molecule has 124 valence electrons. The minimum atomic E-state index is -4.58. The maximum Gasteiger partial charge on any atom is 0.417 e. The van der Waals surface area contributed by atoms with Crippen molar-refractivity contribution in [1.29, 1.82) is 5.26 Å². The van der Waals surface area contributed by atoms with Crippen LogP contribution in [0.5, 0.6) is 11.5 Å². The molecular weight excluding hydrogens is 321 g/mol. The Balaban J connectivity index is 1.84. The van der Waals surface area contributed by atoms with E-state index in [1.54, 1.807) is 18.2 Å². The van der Waals surface area contributed by atoms with Crippen molar-refractivity contribution in [3.63, 3.8) is 0 Å². The molecule has 0 aliphatic carbocycles. The van der Waals surface area contributed by atoms with Crippen molar-refractivity contribution in [3.8, 4) is 17.6 Å². The van der Waals surface area contributed by atoms with Crippen molar-refractivity contribution in [2.45, 2.75) is 19.1 Å². The topological polar surface area (TPSA) is 54.3 Å². The number of benzene rings is 2. The number of nitriles is 1. The number of rotatable bonds is 3. The second-order valence-electron chi connectivity index (χ2n) is 5.35. The molecule has 7 heteroatoms. The van der Waals surface area contributed by atoms with Gasteiger partial charge < -0.3 is 14.8 Å². The fraction of sp³-hybridized carbons (Fsp3) is 0.235. The highest BCUT2D eigenvalue weighted by molar-refractivity contribution is 5.55. The van der Waals surface area contributed by atoms with Crippen LogP contribution in [-0.4, -0.2) is 6.79 Å². The van der Waals surface area contributed by atoms with E-state index in [1.807, 2.05) is 13.0 Å². The second-order valence-corrected chi connectivity index (χ2v) is 5.35. The highest BCUT2D eigenvalue weighted by Gasteiger charge is 2.34. The first kappa shape index (κ1) is 16.0. The Morgan fingerprint density at radius 3 is 2.58 bits per heavy atom. The summed E-state index contributed by atoms with van der Waals surface area (Å²) in [5, 5.41) is 11.8. The maximum atomic E-state index is 13.0. The zero-order valence-corrected chi connectivity index (χ0v) is 12.6. The molecule has 0 amide bonds. The summed E-state index contributed by atoms with van der Waals surface area (Å²) < 4.78 is 49.6. The fourth-order valence-electron chi connectivity index (χ4n) is 2.48. The van der Waals surface area contributed by atoms with Crippen LogP contribution in [0.25, 0.3) is 0 Å². The molecule has 1 atom stereocenters. The predicted octanol–water partition coefficient (Wildman–Crippen LogP) is 4.48. The van der Waals surface area contributed by atoms with Crippen LogP contribution in [0.1, 0.15) is 29.7 Å². The SMILES string of the molecule is CC(Nc1ccc(C#N)c(C(F)(F)F)c1)c1ccc2c(c1)OCO2. The molecule has 1 aliphatic heterocycles. The molecule has 3 rings (SSSR count). The van der Waals surface area contributed by atoms with E-state index in [9.17, 15) is 13.2 Å². The largest absolute Gasteiger partial charge is 0.454 e. The van der Waals surface area contributed by atoms with Gasteiger partial charge in [-0.05, 0) is 42.8 Å². The van der Waals surface area contributed by atoms with Crippen LogP contribution in [0.15, 0.2) is 36.4 Å². The summed E-state index contributed by atoms with van der Waals surface area (Å²) in [7, 11) is 0. The van der Waals surface area contributed by atoms with E-state index >= 15 is 0 Å². The van der Waals surface area contributed by atoms with E-state index in [0.717, 1.165) is 17.7 Å². The number of anilines is 1. The monoisotopic (exact) mass is 334 g/mol. The first-order valence-corrected chi connectivity index (χ1v) is 7.16. The number of ether oxygens (including phenoxy) is 2. The smallest absolute Gasteiger partial charge is 0.417 e. The van der Waals surface area contributed by atoms with E-state index in [1.165, 1.54) is 6.07 Å². The number of fused-ring (bicyclic) bond motifs is 1. The molecule has 2 aromatic carbocycles. The van der Waals surface area contributed by atoms with Gasteiger partial charge in [0, 0.05) is 11.7 Å². The molecule has 0 saturated carbocycles. The number of nitrogens with zero attached hydrogens (tertiary/aromatic N) is 1. The summed E-state index contributed by atoms with van der Waals surface area (Å²) in [5.41, 5.74) is -0.222. The van der Waals surface area contributed by atoms with Gasteiger partial charge in [-0.25, -0.2) is 0 Å². The zero-order valence-electron chi connectivity index (χ0n) is 12.6. The van der Waals surface area contributed by atoms with Crippen LogP contribution in [0.4, 0.5) is 18.9 Å². The maximum absolute atomic E-state index is 13.0. The molecule has 2 aromatic rings. The van der Waals surface area contributed by atoms with Gasteiger partial charge in [0.05, 0.1) is 17.2 Å². The fourth-order valence-corrected chi connectivity index (χ4v) is 2.48. The van der Waals surface area contributed by atoms with E-state index in [0.29, 0.717) is 11.5 Å². The molecule has 0 radical (unpaired) electrons. The normalized spacial score (nSPS) is 14.1. The molecule has 1 heterocycles. The summed E-state index contributed by atoms with van der Waals surface area (Å²) in [6, 6.07) is 10.2. The molecule has 24 heavy (non-hydrogen) atoms. The number of hydrogen-bond donors (Lipinski definition) is 1. The number of hydrogen-bond acceptors (Lipinski definition) is 4. The Kier molecular flexibility index (Phi) is 3.97. The molecule has 0 aromatic heterocycles. The Hall–Kier alpha value is -2.88. The number of halogens is 3. The minimum Gasteiger partial charge on any atom is -0.454 e. The summed E-state index contributed by atoms with van der Waals surface area (Å²) in [6.07, 6.45) is -4.58. The lowest BCUT2D eigenvalue weighted by Crippen LogP contribution is -2.11. The van der Waals surface area contributed by atoms with Crippen molar-refractivity contribution >= 4 is 5.69 Å². The van der Waals surface area contributed by atoms with Gasteiger partial charge in [0.1, 0.15) is 0 Å². The van der Waals surface area contributed by atoms with E-state index < -0.39 is 17.3 Å². The number of alkyl halides is 3. The van der Waals surface area contributed by atoms with Gasteiger partial charge in [0.15, 0.2) is 11.5 Å². The van der Waals surface area contributed by atoms with E-state index in [2.05, 4.69) is 5.32 Å². The zero-order chi connectivity index (χ0) is 17.3. The van der Waals surface area contributed by atoms with Gasteiger partial charge in [0.25, 0.3) is 0 Å². The van der Waals surface area contributed by atoms with Crippen LogP contribution >= 0.6 is 0 Å². The highest BCUT2D eigenvalue weighted by Crippen LogP contribution is 2.36. The van der Waals surface area contributed by atoms with Crippen molar-refractivity contribution in [2.24, 2.45) is 0 Å². The van der Waals surface area contributed by atoms with Crippen LogP contribution in [-0.2, 0) is 6.18 Å². The minimum absolute atomic E-state index is 0.158. The van der Waals surface area contributed by atoms with Crippen LogP contribution in [0, 0.1) is 11.3 Å². The molecule has 0 saturated heterocycles. The molecule has 0 bridgehead atoms. The predicted molar refractivity (Wildman–Crippen MR) is 80.8 cm³/mol. The Labute approximate surface area is 136 Å². The van der Waals surface area contributed by atoms with Crippen molar-refractivity contribution in [3.05, 3.63) is 53.1 Å². The third-order valence-electron chi connectivity index (χ3n) is 3.73. The lowest BCUT2D eigenvalue weighted by Gasteiger charge is -2.18. The first-order chi connectivity index (χ1) is 11.4. The van der Waals surface area contributed by atoms with Gasteiger partial charge in [-0.1, -0.05) is 6.07 Å². The molecule has 0 spiro atoms. The summed E-state index contributed by atoms with van der Waals surface area (Å²) >= 11 is 0. The molecule has 1 aliphatic rings. The Bertz CT molecular complexity index is 812. The van der Waals surface area contributed by atoms with Gasteiger partial charge in [0.2, 0.25) is 6.79 Å². The highest BCUT2D eigenvalue weighted by atomic mass is 19.4. The molecule has 4 nitrogen and oxygen atoms in total. The van der Waals surface area contributed by atoms with E-state index in [-0.39, 0.29) is 18.5 Å². The Morgan fingerprint density at radius 1 is 1.12 bits per heavy atom. The Morgan fingerprint density at radius 2 is 1.88 bits per heavy atom. The average molecular weight is 334 g/mol. The first-order valence-electron chi connectivity index (χ1n) is 7.16. The lowest BCUT2D eigenvalue weighted by molar-refractivity contribution is -0.137. The van der Waals surface area contributed by atoms with E-state index in [4.69, 9.17) is 14.7 Å². The molecule has 1 unspecified atom stereocenters. The standard InChI is InChI=1S/C17H13F3N2O2/c1-10(11-3-5-15-16(6-11)24-9-23-15)22-13-4-2-12(8-21)14(7-13)17(18,19)20/h2-7,10,22H,9H2,1H3. The van der Waals surface area contributed by atoms with Crippen LogP contribution in [0.3, 0.4) is 0 Å². The molecule has 1 N–H and O–H groups in total. The van der Waals surface area contributed by atoms with Crippen LogP contribution in [0.2, 0.25) is 0 Å². The van der Waals surface area contributed by atoms with Crippen molar-refractivity contribution in [2.75, 3.05) is 12.1 Å². The lowest BCUT2D eigenvalue weighted by atomic mass is 10.0. The molecule has 0 fully saturated rings. The van der Waals surface area contributed by atoms with Crippen LogP contribution < -0.4 is 14.8 Å². The van der Waals surface area contributed by atoms with Crippen molar-refractivity contribution < 1.29 is 22.6 Å². The average Bonchev–Trinajstić information content (AvgIpc) is 3.01. The third-order valence-corrected chi connectivity index (χ3v) is 3.73. The second kappa shape index (κ2) is 5.96. The van der Waals surface area contributed by atoms with Gasteiger partial charge in [-0.3, -0.25) is 0 Å².